The minimum atomic E-state index is -0.204. The van der Waals surface area contributed by atoms with Gasteiger partial charge >= 0.3 is 6.03 Å². The van der Waals surface area contributed by atoms with Crippen LogP contribution < -0.4 is 15.5 Å². The molecule has 0 unspecified atom stereocenters. The van der Waals surface area contributed by atoms with Gasteiger partial charge in [0, 0.05) is 35.7 Å². The van der Waals surface area contributed by atoms with Gasteiger partial charge in [-0.05, 0) is 68.8 Å². The largest absolute Gasteiger partial charge is 0.338 e. The third-order valence-electron chi connectivity index (χ3n) is 4.88. The number of hydrogen-bond acceptors (Lipinski definition) is 3. The summed E-state index contributed by atoms with van der Waals surface area (Å²) in [7, 11) is 0. The summed E-state index contributed by atoms with van der Waals surface area (Å²) in [5, 5.41) is 10.2. The van der Waals surface area contributed by atoms with Crippen LogP contribution >= 0.6 is 0 Å². The van der Waals surface area contributed by atoms with Gasteiger partial charge in [0.2, 0.25) is 0 Å². The fourth-order valence-corrected chi connectivity index (χ4v) is 3.47. The number of rotatable bonds is 4. The molecule has 0 atom stereocenters. The van der Waals surface area contributed by atoms with Crippen LogP contribution in [0.3, 0.4) is 0 Å². The third-order valence-corrected chi connectivity index (χ3v) is 4.88. The highest BCUT2D eigenvalue weighted by Gasteiger charge is 2.19. The zero-order valence-electron chi connectivity index (χ0n) is 16.5. The second-order valence-corrected chi connectivity index (χ2v) is 7.13. The van der Waals surface area contributed by atoms with Crippen LogP contribution in [0.2, 0.25) is 0 Å². The van der Waals surface area contributed by atoms with E-state index in [0.29, 0.717) is 24.3 Å². The summed E-state index contributed by atoms with van der Waals surface area (Å²) in [6.07, 6.45) is 0.893. The van der Waals surface area contributed by atoms with Crippen molar-refractivity contribution in [2.45, 2.75) is 20.3 Å². The number of benzene rings is 2. The molecule has 3 amide bonds. The molecule has 7 heteroatoms. The van der Waals surface area contributed by atoms with Gasteiger partial charge in [-0.25, -0.2) is 9.48 Å². The smallest absolute Gasteiger partial charge is 0.321 e. The molecule has 0 spiro atoms. The molecule has 29 heavy (non-hydrogen) atoms. The molecule has 1 fully saturated rings. The van der Waals surface area contributed by atoms with Gasteiger partial charge < -0.3 is 10.6 Å². The first-order valence-corrected chi connectivity index (χ1v) is 9.62. The summed E-state index contributed by atoms with van der Waals surface area (Å²) in [6.45, 7) is 5.31. The lowest BCUT2D eigenvalue weighted by molar-refractivity contribution is 0.102. The van der Waals surface area contributed by atoms with Crippen molar-refractivity contribution in [3.63, 3.8) is 0 Å². The number of hydrogen-bond donors (Lipinski definition) is 2. The fourth-order valence-electron chi connectivity index (χ4n) is 3.47. The molecule has 0 bridgehead atoms. The van der Waals surface area contributed by atoms with E-state index in [9.17, 15) is 9.59 Å². The molecule has 2 N–H and O–H groups in total. The van der Waals surface area contributed by atoms with Gasteiger partial charge in [0.1, 0.15) is 0 Å². The number of nitrogens with one attached hydrogen (secondary N) is 2. The van der Waals surface area contributed by atoms with Crippen LogP contribution in [-0.4, -0.2) is 34.8 Å². The number of urea groups is 1. The molecule has 1 aromatic heterocycles. The van der Waals surface area contributed by atoms with Gasteiger partial charge in [-0.15, -0.1) is 0 Å². The second kappa shape index (κ2) is 7.79. The molecule has 148 valence electrons. The maximum Gasteiger partial charge on any atom is 0.321 e. The van der Waals surface area contributed by atoms with Gasteiger partial charge in [-0.1, -0.05) is 6.07 Å². The summed E-state index contributed by atoms with van der Waals surface area (Å²) in [4.78, 5) is 26.4. The zero-order valence-corrected chi connectivity index (χ0v) is 16.5. The first-order chi connectivity index (χ1) is 14.0. The SMILES string of the molecule is Cc1cc(C)n(-c2ccc(C(=O)Nc3cccc(N4CCCNC4=O)c3)cc2)n1. The fraction of sp³-hybridized carbons (Fsp3) is 0.227. The predicted molar refractivity (Wildman–Crippen MR) is 113 cm³/mol. The lowest BCUT2D eigenvalue weighted by Gasteiger charge is -2.27. The van der Waals surface area contributed by atoms with Gasteiger partial charge in [-0.2, -0.15) is 5.10 Å². The molecule has 0 radical (unpaired) electrons. The lowest BCUT2D eigenvalue weighted by Crippen LogP contribution is -2.46. The van der Waals surface area contributed by atoms with Gasteiger partial charge in [0.05, 0.1) is 11.4 Å². The quantitative estimate of drug-likeness (QED) is 0.715. The molecule has 0 saturated carbocycles. The summed E-state index contributed by atoms with van der Waals surface area (Å²) in [5.74, 6) is -0.204. The Kier molecular flexibility index (Phi) is 5.03. The van der Waals surface area contributed by atoms with Crippen molar-refractivity contribution >= 4 is 23.3 Å². The Morgan fingerprint density at radius 3 is 2.55 bits per heavy atom. The number of amides is 3. The van der Waals surface area contributed by atoms with E-state index >= 15 is 0 Å². The average Bonchev–Trinajstić information content (AvgIpc) is 3.06. The highest BCUT2D eigenvalue weighted by atomic mass is 16.2. The summed E-state index contributed by atoms with van der Waals surface area (Å²) in [6, 6.07) is 16.5. The van der Waals surface area contributed by atoms with Gasteiger partial charge in [0.15, 0.2) is 0 Å². The van der Waals surface area contributed by atoms with Crippen LogP contribution in [0.4, 0.5) is 16.2 Å². The Morgan fingerprint density at radius 2 is 1.86 bits per heavy atom. The van der Waals surface area contributed by atoms with Crippen LogP contribution in [0.1, 0.15) is 28.2 Å². The van der Waals surface area contributed by atoms with Crippen LogP contribution in [0.25, 0.3) is 5.69 Å². The minimum absolute atomic E-state index is 0.112. The van der Waals surface area contributed by atoms with Crippen molar-refractivity contribution < 1.29 is 9.59 Å². The van der Waals surface area contributed by atoms with Crippen molar-refractivity contribution in [2.24, 2.45) is 0 Å². The Morgan fingerprint density at radius 1 is 1.07 bits per heavy atom. The highest BCUT2D eigenvalue weighted by molar-refractivity contribution is 6.04. The zero-order chi connectivity index (χ0) is 20.4. The van der Waals surface area contributed by atoms with Crippen LogP contribution in [0, 0.1) is 13.8 Å². The van der Waals surface area contributed by atoms with E-state index in [1.807, 2.05) is 61.0 Å². The number of carbonyl (C=O) groups excluding carboxylic acids is 2. The molecule has 1 saturated heterocycles. The standard InChI is InChI=1S/C22H23N5O2/c1-15-13-16(2)27(25-15)19-9-7-17(8-10-19)21(28)24-18-5-3-6-20(14-18)26-12-4-11-23-22(26)29/h3,5-10,13-14H,4,11-12H2,1-2H3,(H,23,29)(H,24,28). The second-order valence-electron chi connectivity index (χ2n) is 7.13. The molecule has 2 aromatic carbocycles. The summed E-state index contributed by atoms with van der Waals surface area (Å²) >= 11 is 0. The minimum Gasteiger partial charge on any atom is -0.338 e. The number of aryl methyl sites for hydroxylation is 2. The first-order valence-electron chi connectivity index (χ1n) is 9.62. The maximum absolute atomic E-state index is 12.7. The Bertz CT molecular complexity index is 1060. The first kappa shape index (κ1) is 18.7. The number of anilines is 2. The Balaban J connectivity index is 1.49. The molecule has 4 rings (SSSR count). The third kappa shape index (κ3) is 3.99. The van der Waals surface area contributed by atoms with Crippen LogP contribution in [0.5, 0.6) is 0 Å². The highest BCUT2D eigenvalue weighted by Crippen LogP contribution is 2.22. The van der Waals surface area contributed by atoms with Crippen molar-refractivity contribution in [3.8, 4) is 5.69 Å². The lowest BCUT2D eigenvalue weighted by atomic mass is 10.1. The molecule has 7 nitrogen and oxygen atoms in total. The molecule has 0 aliphatic carbocycles. The summed E-state index contributed by atoms with van der Waals surface area (Å²) in [5.41, 5.74) is 4.86. The van der Waals surface area contributed by atoms with Gasteiger partial charge in [0.25, 0.3) is 5.91 Å². The van der Waals surface area contributed by atoms with Crippen molar-refractivity contribution in [1.29, 1.82) is 0 Å². The molecule has 1 aliphatic heterocycles. The monoisotopic (exact) mass is 389 g/mol. The molecular formula is C22H23N5O2. The average molecular weight is 389 g/mol. The number of nitrogens with zero attached hydrogens (tertiary/aromatic N) is 3. The molecule has 1 aliphatic rings. The molecule has 3 aromatic rings. The normalized spacial score (nSPS) is 13.9. The summed E-state index contributed by atoms with van der Waals surface area (Å²) < 4.78 is 1.85. The topological polar surface area (TPSA) is 79.3 Å². The van der Waals surface area contributed by atoms with Crippen LogP contribution in [0.15, 0.2) is 54.6 Å². The van der Waals surface area contributed by atoms with E-state index in [1.165, 1.54) is 0 Å². The number of carbonyl (C=O) groups is 2. The Labute approximate surface area is 169 Å². The van der Waals surface area contributed by atoms with Crippen molar-refractivity contribution in [3.05, 3.63) is 71.5 Å². The van der Waals surface area contributed by atoms with Crippen molar-refractivity contribution in [2.75, 3.05) is 23.3 Å². The maximum atomic E-state index is 12.7. The van der Waals surface area contributed by atoms with Crippen molar-refractivity contribution in [1.82, 2.24) is 15.1 Å². The van der Waals surface area contributed by atoms with E-state index in [2.05, 4.69) is 15.7 Å². The van der Waals surface area contributed by atoms with E-state index in [1.54, 1.807) is 17.0 Å². The molecular weight excluding hydrogens is 366 g/mol. The number of aromatic nitrogens is 2. The van der Waals surface area contributed by atoms with E-state index in [4.69, 9.17) is 0 Å². The molecule has 2 heterocycles. The van der Waals surface area contributed by atoms with Crippen LogP contribution in [-0.2, 0) is 0 Å². The van der Waals surface area contributed by atoms with Gasteiger partial charge in [-0.3, -0.25) is 9.69 Å². The van der Waals surface area contributed by atoms with E-state index in [0.717, 1.165) is 29.2 Å². The van der Waals surface area contributed by atoms with E-state index in [-0.39, 0.29) is 11.9 Å². The predicted octanol–water partition coefficient (Wildman–Crippen LogP) is 3.66. The Hall–Kier alpha value is -3.61. The van der Waals surface area contributed by atoms with E-state index < -0.39 is 0 Å².